The molecule has 0 saturated heterocycles. The molecule has 0 aromatic carbocycles. The van der Waals surface area contributed by atoms with Gasteiger partial charge in [-0.15, -0.1) is 11.3 Å². The van der Waals surface area contributed by atoms with Gasteiger partial charge in [-0.25, -0.2) is 4.98 Å². The van der Waals surface area contributed by atoms with Crippen molar-refractivity contribution in [3.05, 3.63) is 41.2 Å². The maximum Gasteiger partial charge on any atom is 0.185 e. The van der Waals surface area contributed by atoms with E-state index in [0.29, 0.717) is 6.54 Å². The Balaban J connectivity index is 1.91. The molecule has 0 amide bonds. The van der Waals surface area contributed by atoms with Gasteiger partial charge in [0.25, 0.3) is 0 Å². The number of nitrogens with two attached hydrogens (primary N) is 1. The Bertz CT molecular complexity index is 455. The van der Waals surface area contributed by atoms with Gasteiger partial charge in [-0.1, -0.05) is 6.07 Å². The number of nitrogens with zero attached hydrogens (tertiary/aromatic N) is 3. The fourth-order valence-corrected chi connectivity index (χ4v) is 2.27. The lowest BCUT2D eigenvalue weighted by Gasteiger charge is -2.14. The quantitative estimate of drug-likeness (QED) is 0.874. The minimum atomic E-state index is 0.561. The summed E-state index contributed by atoms with van der Waals surface area (Å²) in [6, 6.07) is 5.99. The summed E-state index contributed by atoms with van der Waals surface area (Å²) in [4.78, 5) is 11.9. The summed E-state index contributed by atoms with van der Waals surface area (Å²) < 4.78 is 0. The Morgan fingerprint density at radius 2 is 2.24 bits per heavy atom. The second-order valence-corrected chi connectivity index (χ2v) is 4.90. The molecule has 0 fully saturated rings. The smallest absolute Gasteiger partial charge is 0.185 e. The molecule has 0 spiro atoms. The molecule has 2 heterocycles. The molecule has 5 heteroatoms. The van der Waals surface area contributed by atoms with Gasteiger partial charge >= 0.3 is 0 Å². The number of rotatable bonds is 5. The molecule has 0 bridgehead atoms. The predicted molar refractivity (Wildman–Crippen MR) is 71.2 cm³/mol. The Morgan fingerprint density at radius 1 is 1.35 bits per heavy atom. The summed E-state index contributed by atoms with van der Waals surface area (Å²) in [5.41, 5.74) is 6.68. The molecule has 0 aliphatic rings. The molecular formula is C12H16N4S. The van der Waals surface area contributed by atoms with Crippen LogP contribution in [0.25, 0.3) is 0 Å². The van der Waals surface area contributed by atoms with Gasteiger partial charge in [-0.05, 0) is 12.1 Å². The maximum absolute atomic E-state index is 5.57. The lowest BCUT2D eigenvalue weighted by atomic mass is 10.2. The molecule has 17 heavy (non-hydrogen) atoms. The summed E-state index contributed by atoms with van der Waals surface area (Å²) in [6.45, 7) is 1.47. The largest absolute Gasteiger partial charge is 0.351 e. The molecule has 0 aliphatic carbocycles. The van der Waals surface area contributed by atoms with Crippen LogP contribution in [0, 0.1) is 0 Å². The van der Waals surface area contributed by atoms with E-state index in [-0.39, 0.29) is 0 Å². The standard InChI is InChI=1S/C12H16N4S/c1-16(12-15-9-11(8-13)17-12)7-5-10-4-2-3-6-14-10/h2-4,6,9H,5,7-8,13H2,1H3. The van der Waals surface area contributed by atoms with Crippen molar-refractivity contribution >= 4 is 16.5 Å². The van der Waals surface area contributed by atoms with Crippen LogP contribution in [0.1, 0.15) is 10.6 Å². The molecule has 4 nitrogen and oxygen atoms in total. The average molecular weight is 248 g/mol. The van der Waals surface area contributed by atoms with Crippen LogP contribution in [0.2, 0.25) is 0 Å². The number of hydrogen-bond acceptors (Lipinski definition) is 5. The lowest BCUT2D eigenvalue weighted by molar-refractivity contribution is 0.848. The highest BCUT2D eigenvalue weighted by atomic mass is 32.1. The topological polar surface area (TPSA) is 55.0 Å². The van der Waals surface area contributed by atoms with Crippen LogP contribution in [0.4, 0.5) is 5.13 Å². The minimum absolute atomic E-state index is 0.561. The van der Waals surface area contributed by atoms with Crippen molar-refractivity contribution < 1.29 is 0 Å². The van der Waals surface area contributed by atoms with E-state index in [1.807, 2.05) is 37.6 Å². The SMILES string of the molecule is CN(CCc1ccccn1)c1ncc(CN)s1. The fourth-order valence-electron chi connectivity index (χ4n) is 1.49. The van der Waals surface area contributed by atoms with Crippen LogP contribution in [0.5, 0.6) is 0 Å². The van der Waals surface area contributed by atoms with E-state index in [9.17, 15) is 0 Å². The highest BCUT2D eigenvalue weighted by Crippen LogP contribution is 2.20. The number of anilines is 1. The first-order valence-electron chi connectivity index (χ1n) is 5.55. The van der Waals surface area contributed by atoms with Crippen LogP contribution in [-0.4, -0.2) is 23.6 Å². The van der Waals surface area contributed by atoms with Crippen LogP contribution in [0.15, 0.2) is 30.6 Å². The molecule has 0 aliphatic heterocycles. The number of aromatic nitrogens is 2. The third-order valence-electron chi connectivity index (χ3n) is 2.50. The zero-order valence-electron chi connectivity index (χ0n) is 9.84. The van der Waals surface area contributed by atoms with Gasteiger partial charge in [-0.3, -0.25) is 4.98 Å². The van der Waals surface area contributed by atoms with Crippen molar-refractivity contribution in [3.63, 3.8) is 0 Å². The molecule has 0 radical (unpaired) electrons. The van der Waals surface area contributed by atoms with Gasteiger partial charge in [-0.2, -0.15) is 0 Å². The molecule has 2 aromatic rings. The lowest BCUT2D eigenvalue weighted by Crippen LogP contribution is -2.20. The maximum atomic E-state index is 5.57. The van der Waals surface area contributed by atoms with Gasteiger partial charge in [0.1, 0.15) is 0 Å². The normalized spacial score (nSPS) is 10.5. The fraction of sp³-hybridized carbons (Fsp3) is 0.333. The average Bonchev–Trinajstić information content (AvgIpc) is 2.86. The van der Waals surface area contributed by atoms with E-state index in [0.717, 1.165) is 28.7 Å². The molecule has 2 N–H and O–H groups in total. The van der Waals surface area contributed by atoms with Crippen molar-refractivity contribution in [2.45, 2.75) is 13.0 Å². The Labute approximate surface area is 105 Å². The van der Waals surface area contributed by atoms with E-state index in [1.165, 1.54) is 0 Å². The van der Waals surface area contributed by atoms with Crippen molar-refractivity contribution in [2.24, 2.45) is 5.73 Å². The predicted octanol–water partition coefficient (Wildman–Crippen LogP) is 1.68. The summed E-state index contributed by atoms with van der Waals surface area (Å²) in [5, 5.41) is 1.02. The van der Waals surface area contributed by atoms with E-state index < -0.39 is 0 Å². The number of likely N-dealkylation sites (N-methyl/N-ethyl adjacent to an activating group) is 1. The van der Waals surface area contributed by atoms with E-state index in [2.05, 4.69) is 14.9 Å². The van der Waals surface area contributed by atoms with E-state index in [4.69, 9.17) is 5.73 Å². The van der Waals surface area contributed by atoms with Gasteiger partial charge in [0.15, 0.2) is 5.13 Å². The molecular weight excluding hydrogens is 232 g/mol. The Morgan fingerprint density at radius 3 is 2.88 bits per heavy atom. The van der Waals surface area contributed by atoms with Gasteiger partial charge in [0.05, 0.1) is 0 Å². The van der Waals surface area contributed by atoms with Crippen molar-refractivity contribution in [3.8, 4) is 0 Å². The molecule has 90 valence electrons. The van der Waals surface area contributed by atoms with Gasteiger partial charge in [0, 0.05) is 49.5 Å². The zero-order valence-corrected chi connectivity index (χ0v) is 10.7. The third-order valence-corrected chi connectivity index (χ3v) is 3.63. The van der Waals surface area contributed by atoms with Crippen LogP contribution in [-0.2, 0) is 13.0 Å². The Kier molecular flexibility index (Phi) is 4.06. The van der Waals surface area contributed by atoms with Gasteiger partial charge in [0.2, 0.25) is 0 Å². The van der Waals surface area contributed by atoms with E-state index in [1.54, 1.807) is 11.3 Å². The third kappa shape index (κ3) is 3.25. The first kappa shape index (κ1) is 12.0. The number of hydrogen-bond donors (Lipinski definition) is 1. The summed E-state index contributed by atoms with van der Waals surface area (Å²) in [7, 11) is 2.04. The molecule has 0 atom stereocenters. The summed E-state index contributed by atoms with van der Waals surface area (Å²) in [6.07, 6.45) is 4.59. The highest BCUT2D eigenvalue weighted by molar-refractivity contribution is 7.15. The second-order valence-electron chi connectivity index (χ2n) is 3.81. The van der Waals surface area contributed by atoms with Crippen LogP contribution < -0.4 is 10.6 Å². The summed E-state index contributed by atoms with van der Waals surface area (Å²) in [5.74, 6) is 0. The summed E-state index contributed by atoms with van der Waals surface area (Å²) >= 11 is 1.65. The highest BCUT2D eigenvalue weighted by Gasteiger charge is 2.06. The van der Waals surface area contributed by atoms with Crippen molar-refractivity contribution in [2.75, 3.05) is 18.5 Å². The first-order chi connectivity index (χ1) is 8.29. The number of thiazole rings is 1. The van der Waals surface area contributed by atoms with Crippen LogP contribution in [0.3, 0.4) is 0 Å². The number of pyridine rings is 1. The molecule has 2 aromatic heterocycles. The first-order valence-corrected chi connectivity index (χ1v) is 6.37. The van der Waals surface area contributed by atoms with E-state index >= 15 is 0 Å². The monoisotopic (exact) mass is 248 g/mol. The molecule has 0 unspecified atom stereocenters. The van der Waals surface area contributed by atoms with Gasteiger partial charge < -0.3 is 10.6 Å². The minimum Gasteiger partial charge on any atom is -0.351 e. The van der Waals surface area contributed by atoms with Crippen LogP contribution >= 0.6 is 11.3 Å². The molecule has 0 saturated carbocycles. The van der Waals surface area contributed by atoms with Crippen molar-refractivity contribution in [1.29, 1.82) is 0 Å². The molecule has 2 rings (SSSR count). The van der Waals surface area contributed by atoms with Crippen molar-refractivity contribution in [1.82, 2.24) is 9.97 Å². The Hall–Kier alpha value is -1.46. The zero-order chi connectivity index (χ0) is 12.1. The second kappa shape index (κ2) is 5.75.